The van der Waals surface area contributed by atoms with Crippen molar-refractivity contribution in [2.45, 2.75) is 46.0 Å². The van der Waals surface area contributed by atoms with Crippen LogP contribution in [-0.4, -0.2) is 75.2 Å². The predicted octanol–water partition coefficient (Wildman–Crippen LogP) is 2.72. The van der Waals surface area contributed by atoms with Gasteiger partial charge in [-0.1, -0.05) is 45.0 Å². The van der Waals surface area contributed by atoms with E-state index in [1.807, 2.05) is 0 Å². The maximum absolute atomic E-state index is 4.89. The predicted molar refractivity (Wildman–Crippen MR) is 121 cm³/mol. The van der Waals surface area contributed by atoms with Gasteiger partial charge in [0.1, 0.15) is 0 Å². The highest BCUT2D eigenvalue weighted by Crippen LogP contribution is 2.24. The molecule has 158 valence electrons. The summed E-state index contributed by atoms with van der Waals surface area (Å²) in [5.74, 6) is 0.924. The monoisotopic (exact) mass is 387 g/mol. The quantitative estimate of drug-likeness (QED) is 0.532. The van der Waals surface area contributed by atoms with Crippen molar-refractivity contribution >= 4 is 5.96 Å². The molecule has 1 aromatic rings. The van der Waals surface area contributed by atoms with Crippen molar-refractivity contribution in [1.29, 1.82) is 0 Å². The Bertz CT molecular complexity index is 594. The molecule has 1 aromatic carbocycles. The van der Waals surface area contributed by atoms with Gasteiger partial charge in [-0.25, -0.2) is 0 Å². The number of rotatable bonds is 8. The third-order valence-electron chi connectivity index (χ3n) is 5.65. The molecule has 28 heavy (non-hydrogen) atoms. The Balaban J connectivity index is 1.87. The van der Waals surface area contributed by atoms with Gasteiger partial charge in [-0.15, -0.1) is 0 Å². The van der Waals surface area contributed by atoms with Gasteiger partial charge < -0.3 is 20.4 Å². The molecule has 0 bridgehead atoms. The molecule has 1 aliphatic rings. The van der Waals surface area contributed by atoms with E-state index in [0.717, 1.165) is 45.1 Å². The van der Waals surface area contributed by atoms with Gasteiger partial charge in [0.05, 0.1) is 6.54 Å². The van der Waals surface area contributed by atoms with Crippen LogP contribution in [0.15, 0.2) is 29.3 Å². The zero-order valence-corrected chi connectivity index (χ0v) is 18.7. The topological polar surface area (TPSA) is 42.9 Å². The fourth-order valence-corrected chi connectivity index (χ4v) is 3.56. The van der Waals surface area contributed by atoms with Crippen molar-refractivity contribution in [2.24, 2.45) is 4.99 Å². The van der Waals surface area contributed by atoms with E-state index < -0.39 is 0 Å². The van der Waals surface area contributed by atoms with E-state index in [9.17, 15) is 0 Å². The SMILES string of the molecule is CCNC(=NCC(C)(C)c1ccc(CC)cc1)NCCN1CCCN(C)CC1. The Morgan fingerprint density at radius 3 is 2.46 bits per heavy atom. The van der Waals surface area contributed by atoms with E-state index in [1.165, 1.54) is 37.2 Å². The Morgan fingerprint density at radius 1 is 1.04 bits per heavy atom. The Hall–Kier alpha value is -1.59. The summed E-state index contributed by atoms with van der Waals surface area (Å²) in [5, 5.41) is 6.92. The molecule has 2 rings (SSSR count). The van der Waals surface area contributed by atoms with Crippen LogP contribution in [0.5, 0.6) is 0 Å². The van der Waals surface area contributed by atoms with Gasteiger partial charge in [0, 0.05) is 38.1 Å². The lowest BCUT2D eigenvalue weighted by molar-refractivity contribution is 0.280. The van der Waals surface area contributed by atoms with Crippen molar-refractivity contribution in [2.75, 3.05) is 59.4 Å². The lowest BCUT2D eigenvalue weighted by Gasteiger charge is -2.25. The number of guanidine groups is 1. The summed E-state index contributed by atoms with van der Waals surface area (Å²) >= 11 is 0. The second-order valence-corrected chi connectivity index (χ2v) is 8.55. The molecule has 0 unspecified atom stereocenters. The summed E-state index contributed by atoms with van der Waals surface area (Å²) in [7, 11) is 2.22. The zero-order chi connectivity index (χ0) is 20.4. The van der Waals surface area contributed by atoms with Gasteiger partial charge in [-0.05, 0) is 51.0 Å². The molecule has 2 N–H and O–H groups in total. The minimum atomic E-state index is 0.0179. The van der Waals surface area contributed by atoms with Crippen LogP contribution in [0.4, 0.5) is 0 Å². The van der Waals surface area contributed by atoms with Crippen LogP contribution < -0.4 is 10.6 Å². The number of likely N-dealkylation sites (N-methyl/N-ethyl adjacent to an activating group) is 1. The first-order valence-corrected chi connectivity index (χ1v) is 11.0. The maximum Gasteiger partial charge on any atom is 0.191 e. The first-order chi connectivity index (χ1) is 13.4. The summed E-state index contributed by atoms with van der Waals surface area (Å²) in [4.78, 5) is 9.86. The molecule has 5 nitrogen and oxygen atoms in total. The number of hydrogen-bond acceptors (Lipinski definition) is 3. The smallest absolute Gasteiger partial charge is 0.191 e. The van der Waals surface area contributed by atoms with Crippen molar-refractivity contribution < 1.29 is 0 Å². The van der Waals surface area contributed by atoms with E-state index in [4.69, 9.17) is 4.99 Å². The molecule has 0 atom stereocenters. The highest BCUT2D eigenvalue weighted by molar-refractivity contribution is 5.79. The molecule has 1 fully saturated rings. The fraction of sp³-hybridized carbons (Fsp3) is 0.696. The third-order valence-corrected chi connectivity index (χ3v) is 5.65. The van der Waals surface area contributed by atoms with Crippen molar-refractivity contribution in [1.82, 2.24) is 20.4 Å². The summed E-state index contributed by atoms with van der Waals surface area (Å²) in [6.45, 7) is 17.2. The van der Waals surface area contributed by atoms with Crippen molar-refractivity contribution in [3.63, 3.8) is 0 Å². The van der Waals surface area contributed by atoms with E-state index >= 15 is 0 Å². The van der Waals surface area contributed by atoms with Gasteiger partial charge in [0.25, 0.3) is 0 Å². The van der Waals surface area contributed by atoms with E-state index in [-0.39, 0.29) is 5.41 Å². The normalized spacial score (nSPS) is 17.4. The molecule has 0 amide bonds. The second kappa shape index (κ2) is 11.4. The molecule has 1 saturated heterocycles. The first kappa shape index (κ1) is 22.7. The average molecular weight is 388 g/mol. The molecular formula is C23H41N5. The van der Waals surface area contributed by atoms with Gasteiger partial charge >= 0.3 is 0 Å². The lowest BCUT2D eigenvalue weighted by atomic mass is 9.84. The standard InChI is InChI=1S/C23H41N5/c1-6-20-9-11-21(12-10-20)23(3,4)19-26-22(24-7-2)25-13-16-28-15-8-14-27(5)17-18-28/h9-12H,6-8,13-19H2,1-5H3,(H2,24,25,26). The van der Waals surface area contributed by atoms with Gasteiger partial charge in [-0.2, -0.15) is 0 Å². The molecule has 1 heterocycles. The highest BCUT2D eigenvalue weighted by atomic mass is 15.2. The molecule has 1 aliphatic heterocycles. The van der Waals surface area contributed by atoms with Crippen LogP contribution in [0.3, 0.4) is 0 Å². The molecule has 0 aromatic heterocycles. The average Bonchev–Trinajstić information content (AvgIpc) is 2.90. The molecule has 5 heteroatoms. The van der Waals surface area contributed by atoms with Crippen LogP contribution in [-0.2, 0) is 11.8 Å². The second-order valence-electron chi connectivity index (χ2n) is 8.55. The molecule has 0 aliphatic carbocycles. The molecule has 0 radical (unpaired) electrons. The van der Waals surface area contributed by atoms with Crippen LogP contribution in [0.1, 0.15) is 45.2 Å². The molecule has 0 spiro atoms. The number of aliphatic imine (C=N–C) groups is 1. The Morgan fingerprint density at radius 2 is 1.79 bits per heavy atom. The van der Waals surface area contributed by atoms with Gasteiger partial charge in [-0.3, -0.25) is 4.99 Å². The summed E-state index contributed by atoms with van der Waals surface area (Å²) in [5.41, 5.74) is 2.75. The first-order valence-electron chi connectivity index (χ1n) is 11.0. The molecule has 0 saturated carbocycles. The zero-order valence-electron chi connectivity index (χ0n) is 18.7. The number of nitrogens with zero attached hydrogens (tertiary/aromatic N) is 3. The summed E-state index contributed by atoms with van der Waals surface area (Å²) in [6, 6.07) is 8.99. The summed E-state index contributed by atoms with van der Waals surface area (Å²) in [6.07, 6.45) is 2.34. The summed E-state index contributed by atoms with van der Waals surface area (Å²) < 4.78 is 0. The van der Waals surface area contributed by atoms with E-state index in [2.05, 4.69) is 79.4 Å². The fourth-order valence-electron chi connectivity index (χ4n) is 3.56. The number of benzene rings is 1. The van der Waals surface area contributed by atoms with E-state index in [0.29, 0.717) is 0 Å². The highest BCUT2D eigenvalue weighted by Gasteiger charge is 2.20. The van der Waals surface area contributed by atoms with Crippen LogP contribution >= 0.6 is 0 Å². The minimum absolute atomic E-state index is 0.0179. The number of nitrogens with one attached hydrogen (secondary N) is 2. The Kier molecular flexibility index (Phi) is 9.26. The van der Waals surface area contributed by atoms with E-state index in [1.54, 1.807) is 0 Å². The van der Waals surface area contributed by atoms with Gasteiger partial charge in [0.2, 0.25) is 0 Å². The van der Waals surface area contributed by atoms with Crippen molar-refractivity contribution in [3.05, 3.63) is 35.4 Å². The minimum Gasteiger partial charge on any atom is -0.357 e. The van der Waals surface area contributed by atoms with Gasteiger partial charge in [0.15, 0.2) is 5.96 Å². The van der Waals surface area contributed by atoms with Crippen LogP contribution in [0.25, 0.3) is 0 Å². The third kappa shape index (κ3) is 7.44. The molecular weight excluding hydrogens is 346 g/mol. The van der Waals surface area contributed by atoms with Crippen molar-refractivity contribution in [3.8, 4) is 0 Å². The number of aryl methyl sites for hydroxylation is 1. The van der Waals surface area contributed by atoms with Crippen LogP contribution in [0, 0.1) is 0 Å². The Labute approximate surface area is 172 Å². The van der Waals surface area contributed by atoms with Crippen LogP contribution in [0.2, 0.25) is 0 Å². The largest absolute Gasteiger partial charge is 0.357 e. The maximum atomic E-state index is 4.89. The number of hydrogen-bond donors (Lipinski definition) is 2. The lowest BCUT2D eigenvalue weighted by Crippen LogP contribution is -2.43.